The van der Waals surface area contributed by atoms with E-state index in [2.05, 4.69) is 0 Å². The number of nitrogens with zero attached hydrogens (tertiary/aromatic N) is 1. The number of hydrogen-bond donors (Lipinski definition) is 0. The predicted molar refractivity (Wildman–Crippen MR) is 72.3 cm³/mol. The zero-order chi connectivity index (χ0) is 17.6. The first-order valence-corrected chi connectivity index (χ1v) is 7.41. The van der Waals surface area contributed by atoms with Gasteiger partial charge in [0.25, 0.3) is 11.8 Å². The minimum atomic E-state index is -2.35. The van der Waals surface area contributed by atoms with Gasteiger partial charge in [0.05, 0.1) is 0 Å². The number of imide groups is 1. The second-order valence-corrected chi connectivity index (χ2v) is 5.83. The van der Waals surface area contributed by atoms with Gasteiger partial charge in [0.1, 0.15) is 5.56 Å². The molecule has 0 spiro atoms. The van der Waals surface area contributed by atoms with Gasteiger partial charge < -0.3 is 0 Å². The summed E-state index contributed by atoms with van der Waals surface area (Å²) in [6.07, 6.45) is 5.37. The van der Waals surface area contributed by atoms with Crippen LogP contribution in [0, 0.1) is 35.0 Å². The van der Waals surface area contributed by atoms with Gasteiger partial charge in [-0.25, -0.2) is 22.0 Å². The Hall–Kier alpha value is -2.25. The summed E-state index contributed by atoms with van der Waals surface area (Å²) < 4.78 is 67.5. The number of fused-ring (bicyclic) bond motifs is 1. The summed E-state index contributed by atoms with van der Waals surface area (Å²) in [7, 11) is 0. The van der Waals surface area contributed by atoms with E-state index in [1.165, 1.54) is 0 Å². The highest BCUT2D eigenvalue weighted by Crippen LogP contribution is 2.34. The molecule has 2 aliphatic rings. The zero-order valence-corrected chi connectivity index (χ0v) is 12.3. The van der Waals surface area contributed by atoms with Crippen LogP contribution >= 0.6 is 0 Å². The van der Waals surface area contributed by atoms with Gasteiger partial charge in [0.15, 0.2) is 23.3 Å². The van der Waals surface area contributed by atoms with Crippen LogP contribution < -0.4 is 0 Å². The molecule has 1 aromatic rings. The molecule has 1 heterocycles. The van der Waals surface area contributed by atoms with Crippen molar-refractivity contribution in [2.75, 3.05) is 0 Å². The highest BCUT2D eigenvalue weighted by molar-refractivity contribution is 6.09. The van der Waals surface area contributed by atoms with E-state index in [1.807, 2.05) is 0 Å². The Balaban J connectivity index is 2.09. The van der Waals surface area contributed by atoms with Gasteiger partial charge in [-0.2, -0.15) is 0 Å². The van der Waals surface area contributed by atoms with E-state index in [0.29, 0.717) is 24.2 Å². The normalized spacial score (nSPS) is 23.4. The first-order chi connectivity index (χ1) is 11.3. The lowest BCUT2D eigenvalue weighted by atomic mass is 9.81. The lowest BCUT2D eigenvalue weighted by Crippen LogP contribution is -2.51. The van der Waals surface area contributed by atoms with E-state index in [9.17, 15) is 31.5 Å². The predicted octanol–water partition coefficient (Wildman–Crippen LogP) is 3.48. The highest BCUT2D eigenvalue weighted by Gasteiger charge is 2.41. The van der Waals surface area contributed by atoms with Crippen molar-refractivity contribution in [1.29, 1.82) is 0 Å². The fourth-order valence-corrected chi connectivity index (χ4v) is 3.30. The fourth-order valence-electron chi connectivity index (χ4n) is 3.30. The van der Waals surface area contributed by atoms with Gasteiger partial charge in [-0.15, -0.1) is 0 Å². The zero-order valence-electron chi connectivity index (χ0n) is 12.3. The maximum atomic E-state index is 13.9. The number of carbonyl (C=O) groups is 2. The van der Waals surface area contributed by atoms with E-state index >= 15 is 0 Å². The van der Waals surface area contributed by atoms with Gasteiger partial charge in [0, 0.05) is 6.04 Å². The summed E-state index contributed by atoms with van der Waals surface area (Å²) in [6, 6.07) is -0.640. The van der Waals surface area contributed by atoms with Crippen LogP contribution in [0.3, 0.4) is 0 Å². The molecule has 0 N–H and O–H groups in total. The first-order valence-electron chi connectivity index (χ1n) is 7.41. The Morgan fingerprint density at radius 1 is 0.917 bits per heavy atom. The minimum absolute atomic E-state index is 0.179. The van der Waals surface area contributed by atoms with Crippen LogP contribution in [-0.2, 0) is 4.79 Å². The molecule has 0 radical (unpaired) electrons. The molecule has 24 heavy (non-hydrogen) atoms. The van der Waals surface area contributed by atoms with Crippen LogP contribution in [0.4, 0.5) is 22.0 Å². The van der Waals surface area contributed by atoms with Gasteiger partial charge >= 0.3 is 0 Å². The lowest BCUT2D eigenvalue weighted by molar-refractivity contribution is -0.127. The van der Waals surface area contributed by atoms with Crippen molar-refractivity contribution in [1.82, 2.24) is 4.90 Å². The average molecular weight is 345 g/mol. The molecule has 128 valence electrons. The van der Waals surface area contributed by atoms with Crippen LogP contribution in [0.15, 0.2) is 12.2 Å². The summed E-state index contributed by atoms with van der Waals surface area (Å²) in [4.78, 5) is 25.1. The Kier molecular flexibility index (Phi) is 4.15. The monoisotopic (exact) mass is 345 g/mol. The molecule has 0 saturated heterocycles. The van der Waals surface area contributed by atoms with E-state index in [1.54, 1.807) is 6.08 Å². The minimum Gasteiger partial charge on any atom is -0.271 e. The van der Waals surface area contributed by atoms with Crippen molar-refractivity contribution in [3.05, 3.63) is 46.8 Å². The van der Waals surface area contributed by atoms with Gasteiger partial charge in [-0.1, -0.05) is 18.9 Å². The number of hydrogen-bond acceptors (Lipinski definition) is 2. The Labute approximate surface area is 133 Å². The Bertz CT molecular complexity index is 732. The third-order valence-electron chi connectivity index (χ3n) is 4.48. The smallest absolute Gasteiger partial charge is 0.267 e. The Morgan fingerprint density at radius 2 is 1.46 bits per heavy atom. The summed E-state index contributed by atoms with van der Waals surface area (Å²) in [5.74, 6) is -13.7. The van der Waals surface area contributed by atoms with Crippen LogP contribution in [0.1, 0.15) is 36.0 Å². The average Bonchev–Trinajstić information content (AvgIpc) is 2.58. The molecule has 1 aliphatic heterocycles. The van der Waals surface area contributed by atoms with E-state index < -0.39 is 52.5 Å². The molecule has 3 rings (SSSR count). The molecule has 8 heteroatoms. The summed E-state index contributed by atoms with van der Waals surface area (Å²) in [5, 5.41) is 0. The number of amides is 2. The van der Waals surface area contributed by atoms with Crippen molar-refractivity contribution in [2.45, 2.75) is 31.7 Å². The van der Waals surface area contributed by atoms with Gasteiger partial charge in [-0.3, -0.25) is 14.5 Å². The van der Waals surface area contributed by atoms with E-state index in [-0.39, 0.29) is 5.92 Å². The topological polar surface area (TPSA) is 37.4 Å². The number of benzene rings is 1. The largest absolute Gasteiger partial charge is 0.271 e. The van der Waals surface area contributed by atoms with Crippen LogP contribution in [0.5, 0.6) is 0 Å². The molecule has 1 saturated carbocycles. The molecule has 1 fully saturated rings. The second-order valence-electron chi connectivity index (χ2n) is 5.83. The highest BCUT2D eigenvalue weighted by atomic mass is 19.2. The van der Waals surface area contributed by atoms with E-state index in [0.717, 1.165) is 12.5 Å². The summed E-state index contributed by atoms with van der Waals surface area (Å²) in [5.41, 5.74) is -1.60. The maximum absolute atomic E-state index is 13.9. The molecule has 1 aromatic carbocycles. The molecular weight excluding hydrogens is 333 g/mol. The van der Waals surface area contributed by atoms with E-state index in [4.69, 9.17) is 0 Å². The van der Waals surface area contributed by atoms with Crippen molar-refractivity contribution >= 4 is 11.8 Å². The molecule has 2 amide bonds. The summed E-state index contributed by atoms with van der Waals surface area (Å²) >= 11 is 0. The standard InChI is InChI=1S/C16H12F5NO2/c17-11-10(12(18)14(20)15(21)13(11)19)16(24)22-8-4-2-1-3-7(8)5-6-9(22)23/h5-8H,1-4H2. The Morgan fingerprint density at radius 3 is 2.08 bits per heavy atom. The third kappa shape index (κ3) is 2.40. The molecule has 3 nitrogen and oxygen atoms in total. The number of halogens is 5. The summed E-state index contributed by atoms with van der Waals surface area (Å²) in [6.45, 7) is 0. The van der Waals surface area contributed by atoms with Crippen molar-refractivity contribution in [2.24, 2.45) is 5.92 Å². The molecule has 2 unspecified atom stereocenters. The number of carbonyl (C=O) groups excluding carboxylic acids is 2. The third-order valence-corrected chi connectivity index (χ3v) is 4.48. The quantitative estimate of drug-likeness (QED) is 0.338. The molecule has 0 bridgehead atoms. The van der Waals surface area contributed by atoms with Crippen LogP contribution in [-0.4, -0.2) is 22.8 Å². The molecule has 0 aromatic heterocycles. The fraction of sp³-hybridized carbons (Fsp3) is 0.375. The molecule has 1 aliphatic carbocycles. The molecular formula is C16H12F5NO2. The second kappa shape index (κ2) is 5.99. The SMILES string of the molecule is O=C1C=CC2CCCCC2N1C(=O)c1c(F)c(F)c(F)c(F)c1F. The first kappa shape index (κ1) is 16.6. The molecule has 2 atom stereocenters. The van der Waals surface area contributed by atoms with Gasteiger partial charge in [0.2, 0.25) is 5.82 Å². The van der Waals surface area contributed by atoms with Crippen LogP contribution in [0.2, 0.25) is 0 Å². The van der Waals surface area contributed by atoms with Crippen molar-refractivity contribution in [3.63, 3.8) is 0 Å². The van der Waals surface area contributed by atoms with Crippen molar-refractivity contribution < 1.29 is 31.5 Å². The number of rotatable bonds is 1. The van der Waals surface area contributed by atoms with Gasteiger partial charge in [-0.05, 0) is 24.8 Å². The van der Waals surface area contributed by atoms with Crippen molar-refractivity contribution in [3.8, 4) is 0 Å². The lowest BCUT2D eigenvalue weighted by Gasteiger charge is -2.39. The van der Waals surface area contributed by atoms with Crippen LogP contribution in [0.25, 0.3) is 0 Å². The maximum Gasteiger partial charge on any atom is 0.267 e.